The van der Waals surface area contributed by atoms with Crippen LogP contribution in [0.15, 0.2) is 0 Å². The first-order valence-electron chi connectivity index (χ1n) is 18.5. The monoisotopic (exact) mass is 716 g/mol. The maximum Gasteiger partial charge on any atom is 0.320 e. The smallest absolute Gasteiger partial charge is 0.320 e. The van der Waals surface area contributed by atoms with Gasteiger partial charge in [0, 0.05) is 20.1 Å². The van der Waals surface area contributed by atoms with E-state index in [9.17, 15) is 24.0 Å². The Morgan fingerprint density at radius 2 is 1.02 bits per heavy atom. The van der Waals surface area contributed by atoms with Gasteiger partial charge in [-0.3, -0.25) is 24.0 Å². The van der Waals surface area contributed by atoms with Gasteiger partial charge in [0.2, 0.25) is 5.91 Å². The molecule has 15 nitrogen and oxygen atoms in total. The zero-order valence-corrected chi connectivity index (χ0v) is 30.4. The molecule has 1 aliphatic rings. The summed E-state index contributed by atoms with van der Waals surface area (Å²) in [5.41, 5.74) is 16.2. The highest BCUT2D eigenvalue weighted by Crippen LogP contribution is 2.29. The Morgan fingerprint density at radius 3 is 1.48 bits per heavy atom. The van der Waals surface area contributed by atoms with Gasteiger partial charge >= 0.3 is 23.9 Å². The normalized spacial score (nSPS) is 20.1. The number of amides is 1. The van der Waals surface area contributed by atoms with Crippen LogP contribution in [-0.2, 0) is 52.4 Å². The van der Waals surface area contributed by atoms with Crippen molar-refractivity contribution in [2.24, 2.45) is 17.2 Å². The molecular weight excluding hydrogens is 652 g/mol. The van der Waals surface area contributed by atoms with Gasteiger partial charge in [-0.15, -0.1) is 0 Å². The van der Waals surface area contributed by atoms with E-state index in [1.165, 1.54) is 90.6 Å². The van der Waals surface area contributed by atoms with E-state index >= 15 is 0 Å². The van der Waals surface area contributed by atoms with Gasteiger partial charge in [0.05, 0.1) is 26.1 Å². The summed E-state index contributed by atoms with van der Waals surface area (Å²) in [6.45, 7) is 0.736. The summed E-state index contributed by atoms with van der Waals surface area (Å²) in [6, 6.07) is 0. The Morgan fingerprint density at radius 1 is 0.580 bits per heavy atom. The number of hydrogen-bond acceptors (Lipinski definition) is 14. The molecule has 15 heteroatoms. The third-order valence-electron chi connectivity index (χ3n) is 8.44. The first kappa shape index (κ1) is 45.2. The minimum atomic E-state index is -1.46. The SMILES string of the molecule is CCCCCCCCCCCCCCCCCCNC(=O)CCC(=O)OC[C@H]1O[C@H](OC)[C@H](OC(=O)CN)[C@@H](OC(=O)CN)[C@H]1OC(=O)CN. The van der Waals surface area contributed by atoms with E-state index in [0.29, 0.717) is 6.54 Å². The molecular formula is C35H64N4O11. The molecule has 0 spiro atoms. The van der Waals surface area contributed by atoms with E-state index in [-0.39, 0.29) is 18.7 Å². The van der Waals surface area contributed by atoms with Gasteiger partial charge in [0.15, 0.2) is 24.6 Å². The lowest BCUT2D eigenvalue weighted by Gasteiger charge is -2.43. The number of ether oxygens (including phenoxy) is 6. The van der Waals surface area contributed by atoms with Crippen LogP contribution in [0.1, 0.15) is 122 Å². The Bertz CT molecular complexity index is 971. The minimum absolute atomic E-state index is 0.0800. The Balaban J connectivity index is 2.38. The highest BCUT2D eigenvalue weighted by Gasteiger charge is 2.53. The minimum Gasteiger partial charge on any atom is -0.463 e. The number of rotatable bonds is 29. The molecule has 0 aromatic carbocycles. The number of methoxy groups -OCH3 is 1. The van der Waals surface area contributed by atoms with Crippen molar-refractivity contribution in [3.05, 3.63) is 0 Å². The highest BCUT2D eigenvalue weighted by molar-refractivity contribution is 5.81. The molecule has 0 aromatic heterocycles. The van der Waals surface area contributed by atoms with Crippen LogP contribution in [-0.4, -0.2) is 100 Å². The molecule has 1 heterocycles. The summed E-state index contributed by atoms with van der Waals surface area (Å²) in [6.07, 6.45) is 13.2. The van der Waals surface area contributed by atoms with E-state index in [4.69, 9.17) is 45.6 Å². The Hall–Kier alpha value is -2.85. The quantitative estimate of drug-likeness (QED) is 0.0496. The maximum absolute atomic E-state index is 12.5. The average molecular weight is 717 g/mol. The van der Waals surface area contributed by atoms with Crippen molar-refractivity contribution < 1.29 is 52.4 Å². The second kappa shape index (κ2) is 28.8. The maximum atomic E-state index is 12.5. The number of nitrogens with one attached hydrogen (secondary N) is 1. The first-order valence-corrected chi connectivity index (χ1v) is 18.5. The molecule has 7 N–H and O–H groups in total. The van der Waals surface area contributed by atoms with Crippen LogP contribution in [0.2, 0.25) is 0 Å². The van der Waals surface area contributed by atoms with E-state index < -0.39 is 80.8 Å². The van der Waals surface area contributed by atoms with E-state index in [1.54, 1.807) is 0 Å². The summed E-state index contributed by atoms with van der Waals surface area (Å²) < 4.78 is 32.4. The second-order valence-electron chi connectivity index (χ2n) is 12.6. The third-order valence-corrected chi connectivity index (χ3v) is 8.44. The molecule has 1 amide bonds. The lowest BCUT2D eigenvalue weighted by molar-refractivity contribution is -0.302. The third kappa shape index (κ3) is 20.1. The summed E-state index contributed by atoms with van der Waals surface area (Å²) in [5, 5.41) is 2.83. The van der Waals surface area contributed by atoms with Crippen LogP contribution in [0.4, 0.5) is 0 Å². The van der Waals surface area contributed by atoms with Gasteiger partial charge in [-0.05, 0) is 6.42 Å². The molecule has 50 heavy (non-hydrogen) atoms. The molecule has 5 atom stereocenters. The van der Waals surface area contributed by atoms with Gasteiger partial charge in [0.25, 0.3) is 0 Å². The molecule has 0 aromatic rings. The fraction of sp³-hybridized carbons (Fsp3) is 0.857. The summed E-state index contributed by atoms with van der Waals surface area (Å²) in [7, 11) is 1.24. The van der Waals surface area contributed by atoms with Crippen molar-refractivity contribution in [3.63, 3.8) is 0 Å². The second-order valence-corrected chi connectivity index (χ2v) is 12.6. The van der Waals surface area contributed by atoms with Crippen molar-refractivity contribution in [2.75, 3.05) is 39.9 Å². The number of unbranched alkanes of at least 4 members (excludes halogenated alkanes) is 15. The lowest BCUT2D eigenvalue weighted by Crippen LogP contribution is -2.63. The van der Waals surface area contributed by atoms with Crippen LogP contribution in [0.3, 0.4) is 0 Å². The predicted octanol–water partition coefficient (Wildman–Crippen LogP) is 2.67. The fourth-order valence-corrected chi connectivity index (χ4v) is 5.66. The van der Waals surface area contributed by atoms with E-state index in [1.807, 2.05) is 0 Å². The average Bonchev–Trinajstić information content (AvgIpc) is 3.12. The Labute approximate surface area is 297 Å². The zero-order valence-electron chi connectivity index (χ0n) is 30.4. The zero-order chi connectivity index (χ0) is 37.0. The van der Waals surface area contributed by atoms with Crippen molar-refractivity contribution in [3.8, 4) is 0 Å². The van der Waals surface area contributed by atoms with Gasteiger partial charge in [0.1, 0.15) is 12.7 Å². The van der Waals surface area contributed by atoms with E-state index in [0.717, 1.165) is 19.3 Å². The number of nitrogens with two attached hydrogens (primary N) is 3. The number of carbonyl (C=O) groups is 5. The number of esters is 4. The molecule has 1 saturated heterocycles. The Kier molecular flexibility index (Phi) is 26.0. The molecule has 0 radical (unpaired) electrons. The topological polar surface area (TPSA) is 231 Å². The number of hydrogen-bond donors (Lipinski definition) is 4. The van der Waals surface area contributed by atoms with Crippen LogP contribution in [0.25, 0.3) is 0 Å². The van der Waals surface area contributed by atoms with Crippen molar-refractivity contribution >= 4 is 29.8 Å². The lowest BCUT2D eigenvalue weighted by atomic mass is 9.98. The van der Waals surface area contributed by atoms with Crippen molar-refractivity contribution in [2.45, 2.75) is 153 Å². The summed E-state index contributed by atoms with van der Waals surface area (Å²) >= 11 is 0. The highest BCUT2D eigenvalue weighted by atomic mass is 16.7. The largest absolute Gasteiger partial charge is 0.463 e. The molecule has 290 valence electrons. The number of carbonyl (C=O) groups excluding carboxylic acids is 5. The molecule has 0 saturated carbocycles. The summed E-state index contributed by atoms with van der Waals surface area (Å²) in [4.78, 5) is 61.1. The van der Waals surface area contributed by atoms with Crippen LogP contribution >= 0.6 is 0 Å². The first-order chi connectivity index (χ1) is 24.2. The molecule has 0 bridgehead atoms. The molecule has 1 rings (SSSR count). The molecule has 0 unspecified atom stereocenters. The van der Waals surface area contributed by atoms with Gasteiger partial charge in [-0.25, -0.2) is 0 Å². The van der Waals surface area contributed by atoms with E-state index in [2.05, 4.69) is 12.2 Å². The van der Waals surface area contributed by atoms with Crippen molar-refractivity contribution in [1.29, 1.82) is 0 Å². The molecule has 1 fully saturated rings. The molecule has 0 aliphatic carbocycles. The summed E-state index contributed by atoms with van der Waals surface area (Å²) in [5.74, 6) is -3.67. The van der Waals surface area contributed by atoms with Gasteiger partial charge in [-0.1, -0.05) is 103 Å². The van der Waals surface area contributed by atoms with Crippen molar-refractivity contribution in [1.82, 2.24) is 5.32 Å². The van der Waals surface area contributed by atoms with Crippen LogP contribution < -0.4 is 22.5 Å². The van der Waals surface area contributed by atoms with Gasteiger partial charge < -0.3 is 50.9 Å². The van der Waals surface area contributed by atoms with Crippen LogP contribution in [0.5, 0.6) is 0 Å². The standard InChI is InChI=1S/C35H64N4O11/c1-3-4-5-6-7-8-9-10-11-12-13-14-15-16-17-18-21-39-27(40)19-20-28(41)46-25-26-32(48-29(42)22-36)33(49-30(43)23-37)34(35(45-2)47-26)50-31(44)24-38/h26,32-35H,3-25,36-38H2,1-2H3,(H,39,40)/t26-,32+,33+,34-,35+/m1/s1. The van der Waals surface area contributed by atoms with Gasteiger partial charge in [-0.2, -0.15) is 0 Å². The fourth-order valence-electron chi connectivity index (χ4n) is 5.66. The predicted molar refractivity (Wildman–Crippen MR) is 185 cm³/mol. The molecule has 1 aliphatic heterocycles. The van der Waals surface area contributed by atoms with Crippen LogP contribution in [0, 0.1) is 0 Å².